The van der Waals surface area contributed by atoms with E-state index in [1.54, 1.807) is 0 Å². The van der Waals surface area contributed by atoms with Crippen molar-refractivity contribution in [3.05, 3.63) is 243 Å². The Hall–Kier alpha value is -9.64. The third-order valence-electron chi connectivity index (χ3n) is 15.5. The van der Waals surface area contributed by atoms with Crippen molar-refractivity contribution in [3.63, 3.8) is 0 Å². The molecule has 0 aliphatic rings. The van der Waals surface area contributed by atoms with Crippen LogP contribution in [0.2, 0.25) is 0 Å². The van der Waals surface area contributed by atoms with Gasteiger partial charge in [-0.3, -0.25) is 9.97 Å². The SMILES string of the molecule is c1ccc(-c2ccc3c(ccc4cc(-n5c6cccnc6c6c7ccccc7c7c(c8ccccc8c8c9ncccc9n(-c9ccc%10c(ccc%11cc(-c%12ccccc%12)ccc%11%10)c9)c87)c65)ccc43)c2)cc1. The Morgan fingerprint density at radius 3 is 1.03 bits per heavy atom. The van der Waals surface area contributed by atoms with Crippen LogP contribution in [-0.4, -0.2) is 19.1 Å². The van der Waals surface area contributed by atoms with Gasteiger partial charge in [0, 0.05) is 45.3 Å². The Labute approximate surface area is 412 Å². The van der Waals surface area contributed by atoms with Crippen molar-refractivity contribution in [1.29, 1.82) is 0 Å². The number of fused-ring (bicyclic) bond motifs is 21. The second-order valence-corrected chi connectivity index (χ2v) is 19.2. The van der Waals surface area contributed by atoms with Gasteiger partial charge in [-0.05, 0) is 148 Å². The lowest BCUT2D eigenvalue weighted by Gasteiger charge is -2.18. The summed E-state index contributed by atoms with van der Waals surface area (Å²) in [5.41, 5.74) is 13.5. The van der Waals surface area contributed by atoms with Gasteiger partial charge in [0.25, 0.3) is 0 Å². The van der Waals surface area contributed by atoms with Crippen LogP contribution in [0.25, 0.3) is 153 Å². The van der Waals surface area contributed by atoms with Gasteiger partial charge in [-0.25, -0.2) is 0 Å². The normalized spacial score (nSPS) is 12.2. The predicted octanol–water partition coefficient (Wildman–Crippen LogP) is 18.1. The highest BCUT2D eigenvalue weighted by Crippen LogP contribution is 2.50. The lowest BCUT2D eigenvalue weighted by molar-refractivity contribution is 1.18. The molecular formula is C68H40N4. The number of hydrogen-bond acceptors (Lipinski definition) is 2. The molecule has 4 heteroatoms. The summed E-state index contributed by atoms with van der Waals surface area (Å²) in [5, 5.41) is 19.2. The number of hydrogen-bond donors (Lipinski definition) is 0. The van der Waals surface area contributed by atoms with Crippen LogP contribution in [0.4, 0.5) is 0 Å². The van der Waals surface area contributed by atoms with Crippen LogP contribution in [0.3, 0.4) is 0 Å². The van der Waals surface area contributed by atoms with Crippen molar-refractivity contribution in [1.82, 2.24) is 19.1 Å². The van der Waals surface area contributed by atoms with Gasteiger partial charge in [-0.2, -0.15) is 0 Å². The molecule has 0 atom stereocenters. The van der Waals surface area contributed by atoms with Crippen molar-refractivity contribution in [2.75, 3.05) is 0 Å². The van der Waals surface area contributed by atoms with Gasteiger partial charge in [-0.15, -0.1) is 0 Å². The van der Waals surface area contributed by atoms with Crippen LogP contribution in [-0.2, 0) is 0 Å². The molecule has 12 aromatic carbocycles. The standard InChI is InChI=1S/C68H40N4/c1-3-13-41(14-4-1)43-27-31-51-45(37-43)23-25-47-39-49(29-33-53(47)51)71-59-21-11-35-69-65(59)63-57-19-9-8-18-56(57)62-61(67(63)71)55-17-7-10-20-58(55)64-66-60(22-12-36-70-66)72(68(62)64)50-30-34-54-48(40-50)26-24-46-38-44(28-32-52(46)54)42-15-5-2-6-16-42/h1-40H. The highest BCUT2D eigenvalue weighted by atomic mass is 15.0. The van der Waals surface area contributed by atoms with Gasteiger partial charge in [0.1, 0.15) is 0 Å². The van der Waals surface area contributed by atoms with Gasteiger partial charge in [0.15, 0.2) is 0 Å². The zero-order valence-electron chi connectivity index (χ0n) is 38.9. The predicted molar refractivity (Wildman–Crippen MR) is 304 cm³/mol. The molecule has 16 rings (SSSR count). The van der Waals surface area contributed by atoms with Crippen molar-refractivity contribution >= 4 is 119 Å². The van der Waals surface area contributed by atoms with Crippen molar-refractivity contribution in [2.45, 2.75) is 0 Å². The van der Waals surface area contributed by atoms with Gasteiger partial charge in [0.2, 0.25) is 0 Å². The highest BCUT2D eigenvalue weighted by molar-refractivity contribution is 6.43. The number of nitrogens with zero attached hydrogens (tertiary/aromatic N) is 4. The van der Waals surface area contributed by atoms with E-state index in [-0.39, 0.29) is 0 Å². The first-order chi connectivity index (χ1) is 35.7. The maximum absolute atomic E-state index is 5.23. The van der Waals surface area contributed by atoms with Gasteiger partial charge >= 0.3 is 0 Å². The molecular weight excluding hydrogens is 873 g/mol. The zero-order chi connectivity index (χ0) is 47.0. The number of rotatable bonds is 4. The minimum Gasteiger partial charge on any atom is -0.307 e. The van der Waals surface area contributed by atoms with E-state index < -0.39 is 0 Å². The molecule has 0 bridgehead atoms. The minimum absolute atomic E-state index is 0.988. The fraction of sp³-hybridized carbons (Fsp3) is 0. The van der Waals surface area contributed by atoms with E-state index in [1.165, 1.54) is 97.7 Å². The maximum atomic E-state index is 5.23. The van der Waals surface area contributed by atoms with E-state index in [1.807, 2.05) is 12.4 Å². The molecule has 72 heavy (non-hydrogen) atoms. The molecule has 0 spiro atoms. The van der Waals surface area contributed by atoms with Crippen LogP contribution < -0.4 is 0 Å². The molecule has 0 amide bonds. The Morgan fingerprint density at radius 1 is 0.250 bits per heavy atom. The molecule has 0 radical (unpaired) electrons. The molecule has 0 saturated carbocycles. The number of pyridine rings is 2. The first-order valence-electron chi connectivity index (χ1n) is 24.7. The molecule has 4 heterocycles. The third kappa shape index (κ3) is 5.52. The van der Waals surface area contributed by atoms with Crippen LogP contribution in [0.1, 0.15) is 0 Å². The summed E-state index contributed by atoms with van der Waals surface area (Å²) < 4.78 is 4.98. The van der Waals surface area contributed by atoms with Crippen LogP contribution in [0.15, 0.2) is 243 Å². The quantitative estimate of drug-likeness (QED) is 0.165. The second-order valence-electron chi connectivity index (χ2n) is 19.2. The van der Waals surface area contributed by atoms with Gasteiger partial charge in [0.05, 0.1) is 33.1 Å². The molecule has 0 saturated heterocycles. The summed E-state index contributed by atoms with van der Waals surface area (Å²) in [4.78, 5) is 10.5. The van der Waals surface area contributed by atoms with Gasteiger partial charge < -0.3 is 9.13 Å². The maximum Gasteiger partial charge on any atom is 0.0969 e. The van der Waals surface area contributed by atoms with Crippen LogP contribution in [0.5, 0.6) is 0 Å². The minimum atomic E-state index is 0.988. The van der Waals surface area contributed by atoms with E-state index in [4.69, 9.17) is 9.97 Å². The second kappa shape index (κ2) is 14.9. The third-order valence-corrected chi connectivity index (χ3v) is 15.5. The lowest BCUT2D eigenvalue weighted by atomic mass is 9.91. The van der Waals surface area contributed by atoms with E-state index >= 15 is 0 Å². The summed E-state index contributed by atoms with van der Waals surface area (Å²) in [6.45, 7) is 0. The fourth-order valence-electron chi connectivity index (χ4n) is 12.4. The van der Waals surface area contributed by atoms with Crippen LogP contribution >= 0.6 is 0 Å². The summed E-state index contributed by atoms with van der Waals surface area (Å²) >= 11 is 0. The first-order valence-corrected chi connectivity index (χ1v) is 24.7. The summed E-state index contributed by atoms with van der Waals surface area (Å²) in [7, 11) is 0. The Balaban J connectivity index is 1.01. The largest absolute Gasteiger partial charge is 0.307 e. The van der Waals surface area contributed by atoms with Crippen LogP contribution in [0, 0.1) is 0 Å². The molecule has 0 aliphatic carbocycles. The molecule has 0 N–H and O–H groups in total. The molecule has 4 nitrogen and oxygen atoms in total. The average molecular weight is 913 g/mol. The van der Waals surface area contributed by atoms with E-state index in [2.05, 4.69) is 240 Å². The van der Waals surface area contributed by atoms with E-state index in [0.717, 1.165) is 55.2 Å². The zero-order valence-corrected chi connectivity index (χ0v) is 38.9. The summed E-state index contributed by atoms with van der Waals surface area (Å²) in [6.07, 6.45) is 3.88. The van der Waals surface area contributed by atoms with Crippen molar-refractivity contribution in [3.8, 4) is 33.6 Å². The molecule has 4 aromatic heterocycles. The smallest absolute Gasteiger partial charge is 0.0969 e. The number of benzene rings is 12. The summed E-state index contributed by atoms with van der Waals surface area (Å²) in [6, 6.07) is 84.7. The van der Waals surface area contributed by atoms with E-state index in [0.29, 0.717) is 0 Å². The van der Waals surface area contributed by atoms with Crippen molar-refractivity contribution < 1.29 is 0 Å². The van der Waals surface area contributed by atoms with E-state index in [9.17, 15) is 0 Å². The lowest BCUT2D eigenvalue weighted by Crippen LogP contribution is -1.98. The molecule has 16 aromatic rings. The Bertz CT molecular complexity index is 4650. The number of aromatic nitrogens is 4. The monoisotopic (exact) mass is 912 g/mol. The van der Waals surface area contributed by atoms with Crippen molar-refractivity contribution in [2.24, 2.45) is 0 Å². The Kier molecular flexibility index (Phi) is 8.14. The molecule has 0 unspecified atom stereocenters. The fourth-order valence-corrected chi connectivity index (χ4v) is 12.4. The molecule has 332 valence electrons. The van der Waals surface area contributed by atoms with Gasteiger partial charge in [-0.1, -0.05) is 170 Å². The Morgan fingerprint density at radius 2 is 0.611 bits per heavy atom. The molecule has 0 fully saturated rings. The highest BCUT2D eigenvalue weighted by Gasteiger charge is 2.27. The average Bonchev–Trinajstić information content (AvgIpc) is 3.99. The summed E-state index contributed by atoms with van der Waals surface area (Å²) in [5.74, 6) is 0. The molecule has 0 aliphatic heterocycles. The topological polar surface area (TPSA) is 35.6 Å². The first kappa shape index (κ1) is 39.2.